The summed E-state index contributed by atoms with van der Waals surface area (Å²) in [6, 6.07) is 10.5. The Kier molecular flexibility index (Phi) is 7.34. The van der Waals surface area contributed by atoms with E-state index in [1.54, 1.807) is 25.3 Å². The van der Waals surface area contributed by atoms with Crippen molar-refractivity contribution in [3.05, 3.63) is 63.9 Å². The summed E-state index contributed by atoms with van der Waals surface area (Å²) >= 11 is 1.45. The Labute approximate surface area is 196 Å². The van der Waals surface area contributed by atoms with Gasteiger partial charge in [-0.2, -0.15) is 0 Å². The number of carbonyl (C=O) groups is 2. The number of fused-ring (bicyclic) bond motifs is 1. The average molecular weight is 470 g/mol. The predicted molar refractivity (Wildman–Crippen MR) is 126 cm³/mol. The van der Waals surface area contributed by atoms with E-state index in [-0.39, 0.29) is 18.3 Å². The van der Waals surface area contributed by atoms with E-state index < -0.39 is 5.91 Å². The fourth-order valence-corrected chi connectivity index (χ4v) is 5.00. The zero-order valence-electron chi connectivity index (χ0n) is 18.8. The maximum absolute atomic E-state index is 12.9. The molecule has 1 N–H and O–H groups in total. The van der Waals surface area contributed by atoms with Gasteiger partial charge in [0, 0.05) is 10.9 Å². The van der Waals surface area contributed by atoms with Crippen molar-refractivity contribution in [2.24, 2.45) is 0 Å². The number of thiophene rings is 1. The minimum atomic E-state index is -0.411. The smallest absolute Gasteiger partial charge is 0.341 e. The fourth-order valence-electron chi connectivity index (χ4n) is 3.72. The lowest BCUT2D eigenvalue weighted by Crippen LogP contribution is -2.15. The van der Waals surface area contributed by atoms with Gasteiger partial charge in [-0.1, -0.05) is 13.0 Å². The number of rotatable bonds is 9. The monoisotopic (exact) mass is 469 g/mol. The van der Waals surface area contributed by atoms with Crippen LogP contribution >= 0.6 is 11.3 Å². The number of hydrogen-bond acceptors (Lipinski definition) is 7. The van der Waals surface area contributed by atoms with E-state index in [1.807, 2.05) is 25.1 Å². The molecule has 0 radical (unpaired) electrons. The molecule has 0 unspecified atom stereocenters. The van der Waals surface area contributed by atoms with Crippen LogP contribution in [0.15, 0.2) is 40.8 Å². The van der Waals surface area contributed by atoms with Crippen molar-refractivity contribution in [1.29, 1.82) is 0 Å². The molecule has 0 atom stereocenters. The highest BCUT2D eigenvalue weighted by Gasteiger charge is 2.28. The lowest BCUT2D eigenvalue weighted by Gasteiger charge is -2.12. The van der Waals surface area contributed by atoms with Crippen molar-refractivity contribution >= 4 is 28.2 Å². The predicted octanol–water partition coefficient (Wildman–Crippen LogP) is 5.63. The largest absolute Gasteiger partial charge is 0.497 e. The molecule has 3 aromatic rings. The van der Waals surface area contributed by atoms with Crippen LogP contribution in [-0.2, 0) is 24.2 Å². The van der Waals surface area contributed by atoms with Crippen LogP contribution in [0.3, 0.4) is 0 Å². The van der Waals surface area contributed by atoms with Crippen molar-refractivity contribution < 1.29 is 28.2 Å². The first-order chi connectivity index (χ1) is 16.1. The third-order valence-corrected chi connectivity index (χ3v) is 6.55. The summed E-state index contributed by atoms with van der Waals surface area (Å²) in [4.78, 5) is 26.8. The number of aryl methyl sites for hydroxylation is 1. The number of ether oxygens (including phenoxy) is 3. The zero-order valence-corrected chi connectivity index (χ0v) is 19.6. The number of anilines is 1. The molecule has 0 saturated heterocycles. The highest BCUT2D eigenvalue weighted by molar-refractivity contribution is 7.17. The second-order valence-corrected chi connectivity index (χ2v) is 8.84. The molecular formula is C25H27NO6S. The Balaban J connectivity index is 1.46. The van der Waals surface area contributed by atoms with Crippen molar-refractivity contribution in [3.63, 3.8) is 0 Å². The molecule has 1 amide bonds. The van der Waals surface area contributed by atoms with E-state index in [0.717, 1.165) is 42.5 Å². The summed E-state index contributed by atoms with van der Waals surface area (Å²) in [6.45, 7) is 2.47. The van der Waals surface area contributed by atoms with Gasteiger partial charge in [0.2, 0.25) is 0 Å². The van der Waals surface area contributed by atoms with Crippen LogP contribution in [0.5, 0.6) is 11.5 Å². The topological polar surface area (TPSA) is 87.0 Å². The van der Waals surface area contributed by atoms with Crippen LogP contribution in [0.25, 0.3) is 0 Å². The van der Waals surface area contributed by atoms with Gasteiger partial charge in [0.15, 0.2) is 5.76 Å². The molecule has 8 heteroatoms. The maximum Gasteiger partial charge on any atom is 0.341 e. The summed E-state index contributed by atoms with van der Waals surface area (Å²) in [7, 11) is 1.59. The van der Waals surface area contributed by atoms with Gasteiger partial charge in [0.25, 0.3) is 5.91 Å². The van der Waals surface area contributed by atoms with Crippen LogP contribution in [0.1, 0.15) is 63.3 Å². The first-order valence-electron chi connectivity index (χ1n) is 11.1. The number of nitrogens with one attached hydrogen (secondary N) is 1. The zero-order chi connectivity index (χ0) is 23.2. The standard InChI is InChI=1S/C25H27NO6S/c1-3-13-30-25(28)22-19-9-4-5-10-21(19)33-24(22)26-23(27)20-12-11-18(32-20)15-31-17-8-6-7-16(14-17)29-2/h6-8,11-12,14H,3-5,9-10,13,15H2,1-2H3,(H,26,27). The van der Waals surface area contributed by atoms with E-state index >= 15 is 0 Å². The molecule has 0 saturated carbocycles. The van der Waals surface area contributed by atoms with Gasteiger partial charge >= 0.3 is 5.97 Å². The Morgan fingerprint density at radius 1 is 1.12 bits per heavy atom. The minimum Gasteiger partial charge on any atom is -0.497 e. The first kappa shape index (κ1) is 22.9. The molecule has 2 aromatic heterocycles. The molecule has 174 valence electrons. The Bertz CT molecular complexity index is 1130. The lowest BCUT2D eigenvalue weighted by atomic mass is 9.95. The molecule has 33 heavy (non-hydrogen) atoms. The van der Waals surface area contributed by atoms with Crippen LogP contribution in [0, 0.1) is 0 Å². The maximum atomic E-state index is 12.9. The number of carbonyl (C=O) groups excluding carboxylic acids is 2. The van der Waals surface area contributed by atoms with E-state index in [0.29, 0.717) is 34.4 Å². The van der Waals surface area contributed by atoms with Gasteiger partial charge in [-0.15, -0.1) is 11.3 Å². The Morgan fingerprint density at radius 3 is 2.76 bits per heavy atom. The second-order valence-electron chi connectivity index (χ2n) is 7.74. The van der Waals surface area contributed by atoms with E-state index in [1.165, 1.54) is 11.3 Å². The summed E-state index contributed by atoms with van der Waals surface area (Å²) in [5.41, 5.74) is 1.50. The average Bonchev–Trinajstić information content (AvgIpc) is 3.46. The van der Waals surface area contributed by atoms with Crippen molar-refractivity contribution in [1.82, 2.24) is 0 Å². The molecule has 1 aliphatic rings. The van der Waals surface area contributed by atoms with E-state index in [9.17, 15) is 9.59 Å². The Morgan fingerprint density at radius 2 is 1.94 bits per heavy atom. The molecule has 0 fully saturated rings. The summed E-state index contributed by atoms with van der Waals surface area (Å²) < 4.78 is 22.0. The van der Waals surface area contributed by atoms with Gasteiger partial charge in [0.05, 0.1) is 19.3 Å². The molecule has 1 aliphatic carbocycles. The van der Waals surface area contributed by atoms with Crippen molar-refractivity contribution in [2.75, 3.05) is 19.0 Å². The van der Waals surface area contributed by atoms with Crippen LogP contribution in [0.4, 0.5) is 5.00 Å². The summed E-state index contributed by atoms with van der Waals surface area (Å²) in [5.74, 6) is 1.20. The highest BCUT2D eigenvalue weighted by Crippen LogP contribution is 2.39. The Hall–Kier alpha value is -3.26. The molecule has 7 nitrogen and oxygen atoms in total. The second kappa shape index (κ2) is 10.6. The molecule has 0 bridgehead atoms. The molecule has 1 aromatic carbocycles. The van der Waals surface area contributed by atoms with Crippen molar-refractivity contribution in [2.45, 2.75) is 45.6 Å². The SMILES string of the molecule is CCCOC(=O)c1c(NC(=O)c2ccc(COc3cccc(OC)c3)o2)sc2c1CCCC2. The number of amides is 1. The molecule has 4 rings (SSSR count). The van der Waals surface area contributed by atoms with Gasteiger partial charge < -0.3 is 23.9 Å². The first-order valence-corrected chi connectivity index (χ1v) is 11.9. The van der Waals surface area contributed by atoms with Crippen LogP contribution in [0.2, 0.25) is 0 Å². The third-order valence-electron chi connectivity index (χ3n) is 5.35. The molecular weight excluding hydrogens is 442 g/mol. The van der Waals surface area contributed by atoms with Crippen molar-refractivity contribution in [3.8, 4) is 11.5 Å². The van der Waals surface area contributed by atoms with Gasteiger partial charge in [-0.3, -0.25) is 4.79 Å². The van der Waals surface area contributed by atoms with Gasteiger partial charge in [0.1, 0.15) is 28.9 Å². The summed E-state index contributed by atoms with van der Waals surface area (Å²) in [6.07, 6.45) is 4.59. The van der Waals surface area contributed by atoms with Gasteiger partial charge in [-0.25, -0.2) is 4.79 Å². The third kappa shape index (κ3) is 5.39. The quantitative estimate of drug-likeness (QED) is 0.409. The molecule has 2 heterocycles. The summed E-state index contributed by atoms with van der Waals surface area (Å²) in [5, 5.41) is 3.40. The highest BCUT2D eigenvalue weighted by atomic mass is 32.1. The number of hydrogen-bond donors (Lipinski definition) is 1. The fraction of sp³-hybridized carbons (Fsp3) is 0.360. The number of esters is 1. The van der Waals surface area contributed by atoms with Crippen LogP contribution in [-0.4, -0.2) is 25.6 Å². The van der Waals surface area contributed by atoms with Gasteiger partial charge in [-0.05, 0) is 61.9 Å². The number of furan rings is 1. The van der Waals surface area contributed by atoms with E-state index in [4.69, 9.17) is 18.6 Å². The number of benzene rings is 1. The number of methoxy groups -OCH3 is 1. The van der Waals surface area contributed by atoms with E-state index in [2.05, 4.69) is 5.32 Å². The molecule has 0 aliphatic heterocycles. The minimum absolute atomic E-state index is 0.151. The molecule has 0 spiro atoms. The normalized spacial score (nSPS) is 12.7. The van der Waals surface area contributed by atoms with Crippen LogP contribution < -0.4 is 14.8 Å². The lowest BCUT2D eigenvalue weighted by molar-refractivity contribution is 0.0505.